The second-order valence-corrected chi connectivity index (χ2v) is 5.81. The first kappa shape index (κ1) is 16.9. The molecule has 0 fully saturated rings. The monoisotopic (exact) mass is 312 g/mol. The predicted octanol–water partition coefficient (Wildman–Crippen LogP) is 4.50. The fraction of sp³-hybridized carbons (Fsp3) is 0.316. The van der Waals surface area contributed by atoms with Gasteiger partial charge in [0.1, 0.15) is 5.75 Å². The molecule has 0 radical (unpaired) electrons. The summed E-state index contributed by atoms with van der Waals surface area (Å²) < 4.78 is 5.24. The Balaban J connectivity index is 2.09. The zero-order valence-corrected chi connectivity index (χ0v) is 14.4. The summed E-state index contributed by atoms with van der Waals surface area (Å²) in [7, 11) is 1.58. The molecule has 0 aliphatic rings. The maximum atomic E-state index is 12.2. The van der Waals surface area contributed by atoms with E-state index in [4.69, 9.17) is 4.74 Å². The molecule has 2 aromatic rings. The molecule has 0 heterocycles. The number of para-hydroxylation sites is 2. The Morgan fingerprint density at radius 1 is 1.04 bits per heavy atom. The molecule has 2 aromatic carbocycles. The molecule has 0 aromatic heterocycles. The molecule has 0 aliphatic heterocycles. The molecule has 122 valence electrons. The second kappa shape index (κ2) is 7.18. The molecular weight excluding hydrogens is 288 g/mol. The third-order valence-electron chi connectivity index (χ3n) is 4.05. The summed E-state index contributed by atoms with van der Waals surface area (Å²) in [5.41, 5.74) is 5.44. The molecule has 0 saturated heterocycles. The van der Waals surface area contributed by atoms with E-state index in [2.05, 4.69) is 43.5 Å². The van der Waals surface area contributed by atoms with Crippen molar-refractivity contribution in [3.05, 3.63) is 58.7 Å². The van der Waals surface area contributed by atoms with Gasteiger partial charge in [-0.05, 0) is 62.1 Å². The van der Waals surface area contributed by atoms with Crippen LogP contribution in [0.15, 0.2) is 36.4 Å². The number of aryl methyl sites for hydroxylation is 3. The Labute approximate surface area is 137 Å². The van der Waals surface area contributed by atoms with Crippen molar-refractivity contribution >= 4 is 11.7 Å². The van der Waals surface area contributed by atoms with Crippen molar-refractivity contribution in [1.29, 1.82) is 0 Å². The van der Waals surface area contributed by atoms with Gasteiger partial charge in [0.25, 0.3) is 0 Å². The minimum atomic E-state index is -0.250. The highest BCUT2D eigenvalue weighted by Crippen LogP contribution is 2.24. The van der Waals surface area contributed by atoms with E-state index in [1.807, 2.05) is 31.2 Å². The van der Waals surface area contributed by atoms with Gasteiger partial charge in [0.05, 0.1) is 18.8 Å². The van der Waals surface area contributed by atoms with Gasteiger partial charge in [0.2, 0.25) is 0 Å². The van der Waals surface area contributed by atoms with E-state index in [9.17, 15) is 4.79 Å². The predicted molar refractivity (Wildman–Crippen MR) is 94.2 cm³/mol. The molecule has 0 unspecified atom stereocenters. The normalized spacial score (nSPS) is 11.7. The molecule has 2 amide bonds. The highest BCUT2D eigenvalue weighted by atomic mass is 16.5. The summed E-state index contributed by atoms with van der Waals surface area (Å²) in [5.74, 6) is 0.637. The molecule has 2 N–H and O–H groups in total. The van der Waals surface area contributed by atoms with Crippen molar-refractivity contribution in [2.24, 2.45) is 0 Å². The molecule has 0 bridgehead atoms. The summed E-state index contributed by atoms with van der Waals surface area (Å²) in [6, 6.07) is 11.3. The van der Waals surface area contributed by atoms with Crippen LogP contribution in [0.4, 0.5) is 10.5 Å². The molecule has 4 nitrogen and oxygen atoms in total. The number of hydrogen-bond donors (Lipinski definition) is 2. The van der Waals surface area contributed by atoms with Crippen molar-refractivity contribution in [1.82, 2.24) is 5.32 Å². The van der Waals surface area contributed by atoms with Crippen molar-refractivity contribution in [3.63, 3.8) is 0 Å². The van der Waals surface area contributed by atoms with Crippen LogP contribution in [0, 0.1) is 20.8 Å². The lowest BCUT2D eigenvalue weighted by Crippen LogP contribution is -2.31. The van der Waals surface area contributed by atoms with E-state index in [1.54, 1.807) is 7.11 Å². The van der Waals surface area contributed by atoms with E-state index >= 15 is 0 Å². The highest BCUT2D eigenvalue weighted by Gasteiger charge is 2.14. The lowest BCUT2D eigenvalue weighted by Gasteiger charge is -2.19. The molecule has 0 spiro atoms. The highest BCUT2D eigenvalue weighted by molar-refractivity contribution is 5.91. The summed E-state index contributed by atoms with van der Waals surface area (Å²) in [6.07, 6.45) is 0. The van der Waals surface area contributed by atoms with E-state index < -0.39 is 0 Å². The van der Waals surface area contributed by atoms with Gasteiger partial charge < -0.3 is 15.4 Å². The minimum Gasteiger partial charge on any atom is -0.495 e. The lowest BCUT2D eigenvalue weighted by molar-refractivity contribution is 0.249. The molecule has 23 heavy (non-hydrogen) atoms. The van der Waals surface area contributed by atoms with E-state index in [0.29, 0.717) is 11.4 Å². The average molecular weight is 312 g/mol. The smallest absolute Gasteiger partial charge is 0.319 e. The number of carbonyl (C=O) groups is 1. The Morgan fingerprint density at radius 2 is 1.70 bits per heavy atom. The Morgan fingerprint density at radius 3 is 2.39 bits per heavy atom. The van der Waals surface area contributed by atoms with Crippen LogP contribution >= 0.6 is 0 Å². The van der Waals surface area contributed by atoms with Crippen LogP contribution in [-0.4, -0.2) is 13.1 Å². The van der Waals surface area contributed by atoms with Crippen molar-refractivity contribution < 1.29 is 9.53 Å². The van der Waals surface area contributed by atoms with Gasteiger partial charge in [-0.3, -0.25) is 0 Å². The van der Waals surface area contributed by atoms with Crippen LogP contribution in [0.1, 0.15) is 35.2 Å². The van der Waals surface area contributed by atoms with Crippen LogP contribution in [0.25, 0.3) is 0 Å². The van der Waals surface area contributed by atoms with Gasteiger partial charge in [-0.25, -0.2) is 4.79 Å². The molecular formula is C19H24N2O2. The van der Waals surface area contributed by atoms with E-state index in [-0.39, 0.29) is 12.1 Å². The largest absolute Gasteiger partial charge is 0.495 e. The van der Waals surface area contributed by atoms with E-state index in [1.165, 1.54) is 16.7 Å². The number of methoxy groups -OCH3 is 1. The standard InChI is InChI=1S/C19H24N2O2/c1-12-10-14(3)16(11-13(12)2)15(4)20-19(22)21-17-8-6-7-9-18(17)23-5/h6-11,15H,1-5H3,(H2,20,21,22)/t15-/m1/s1. The fourth-order valence-corrected chi connectivity index (χ4v) is 2.63. The summed E-state index contributed by atoms with van der Waals surface area (Å²) in [6.45, 7) is 8.23. The van der Waals surface area contributed by atoms with Gasteiger partial charge in [-0.15, -0.1) is 0 Å². The Hall–Kier alpha value is -2.49. The maximum absolute atomic E-state index is 12.2. The van der Waals surface area contributed by atoms with Crippen molar-refractivity contribution in [3.8, 4) is 5.75 Å². The third kappa shape index (κ3) is 4.03. The van der Waals surface area contributed by atoms with Gasteiger partial charge in [-0.2, -0.15) is 0 Å². The maximum Gasteiger partial charge on any atom is 0.319 e. The van der Waals surface area contributed by atoms with Crippen molar-refractivity contribution in [2.45, 2.75) is 33.7 Å². The first-order valence-corrected chi connectivity index (χ1v) is 7.70. The zero-order chi connectivity index (χ0) is 17.0. The van der Waals surface area contributed by atoms with Gasteiger partial charge in [-0.1, -0.05) is 24.3 Å². The number of anilines is 1. The van der Waals surface area contributed by atoms with Gasteiger partial charge in [0.15, 0.2) is 0 Å². The zero-order valence-electron chi connectivity index (χ0n) is 14.4. The van der Waals surface area contributed by atoms with Crippen LogP contribution in [0.2, 0.25) is 0 Å². The number of ether oxygens (including phenoxy) is 1. The molecule has 0 saturated carbocycles. The van der Waals surface area contributed by atoms with Crippen LogP contribution in [-0.2, 0) is 0 Å². The average Bonchev–Trinajstić information content (AvgIpc) is 2.51. The van der Waals surface area contributed by atoms with Crippen molar-refractivity contribution in [2.75, 3.05) is 12.4 Å². The number of rotatable bonds is 4. The third-order valence-corrected chi connectivity index (χ3v) is 4.05. The minimum absolute atomic E-state index is 0.0796. The molecule has 0 aliphatic carbocycles. The van der Waals surface area contributed by atoms with Crippen LogP contribution in [0.3, 0.4) is 0 Å². The van der Waals surface area contributed by atoms with Gasteiger partial charge in [0, 0.05) is 0 Å². The summed E-state index contributed by atoms with van der Waals surface area (Å²) >= 11 is 0. The SMILES string of the molecule is COc1ccccc1NC(=O)N[C@H](C)c1cc(C)c(C)cc1C. The second-order valence-electron chi connectivity index (χ2n) is 5.81. The lowest BCUT2D eigenvalue weighted by atomic mass is 9.97. The number of hydrogen-bond acceptors (Lipinski definition) is 2. The molecule has 2 rings (SSSR count). The Kier molecular flexibility index (Phi) is 5.27. The van der Waals surface area contributed by atoms with Gasteiger partial charge >= 0.3 is 6.03 Å². The van der Waals surface area contributed by atoms with Crippen LogP contribution < -0.4 is 15.4 Å². The number of benzene rings is 2. The quantitative estimate of drug-likeness (QED) is 0.873. The number of amides is 2. The molecule has 1 atom stereocenters. The number of urea groups is 1. The first-order valence-electron chi connectivity index (χ1n) is 7.70. The summed E-state index contributed by atoms with van der Waals surface area (Å²) in [5, 5.41) is 5.81. The van der Waals surface area contributed by atoms with E-state index in [0.717, 1.165) is 5.56 Å². The summed E-state index contributed by atoms with van der Waals surface area (Å²) in [4.78, 5) is 12.2. The molecule has 4 heteroatoms. The first-order chi connectivity index (χ1) is 10.9. The number of carbonyl (C=O) groups excluding carboxylic acids is 1. The fourth-order valence-electron chi connectivity index (χ4n) is 2.63. The Bertz CT molecular complexity index is 711. The number of nitrogens with one attached hydrogen (secondary N) is 2. The topological polar surface area (TPSA) is 50.4 Å². The van der Waals surface area contributed by atoms with Crippen LogP contribution in [0.5, 0.6) is 5.75 Å².